The number of ether oxygens (including phenoxy) is 1. The summed E-state index contributed by atoms with van der Waals surface area (Å²) in [7, 11) is 4.18. The molecular weight excluding hydrogens is 662 g/mol. The number of benzene rings is 2. The van der Waals surface area contributed by atoms with Crippen LogP contribution in [0.2, 0.25) is 0 Å². The third-order valence-electron chi connectivity index (χ3n) is 9.28. The van der Waals surface area contributed by atoms with Gasteiger partial charge in [-0.3, -0.25) is 0 Å². The van der Waals surface area contributed by atoms with Gasteiger partial charge in [0, 0.05) is 30.7 Å². The highest BCUT2D eigenvalue weighted by Crippen LogP contribution is 2.32. The van der Waals surface area contributed by atoms with Gasteiger partial charge in [0.05, 0.1) is 35.4 Å². The fraction of sp³-hybridized carbons (Fsp3) is 0.579. The zero-order chi connectivity index (χ0) is 35.9. The molecule has 50 heavy (non-hydrogen) atoms. The lowest BCUT2D eigenvalue weighted by Gasteiger charge is -2.30. The summed E-state index contributed by atoms with van der Waals surface area (Å²) >= 11 is 0. The number of aromatic nitrogens is 1. The third kappa shape index (κ3) is 12.2. The van der Waals surface area contributed by atoms with Crippen LogP contribution in [0.3, 0.4) is 0 Å². The topological polar surface area (TPSA) is 87.8 Å². The average Bonchev–Trinajstić information content (AvgIpc) is 3.44. The maximum atomic E-state index is 13.7. The van der Waals surface area contributed by atoms with Crippen LogP contribution in [0.5, 0.6) is 5.75 Å². The van der Waals surface area contributed by atoms with Crippen molar-refractivity contribution >= 4 is 33.3 Å². The fourth-order valence-electron chi connectivity index (χ4n) is 6.42. The van der Waals surface area contributed by atoms with E-state index in [4.69, 9.17) is 10.5 Å². The normalized spacial score (nSPS) is 14.9. The van der Waals surface area contributed by atoms with Crippen LogP contribution in [-0.4, -0.2) is 84.1 Å². The van der Waals surface area contributed by atoms with E-state index in [1.54, 1.807) is 43.5 Å². The molecule has 12 heteroatoms. The summed E-state index contributed by atoms with van der Waals surface area (Å²) in [5, 5.41) is 7.51. The first-order valence-corrected chi connectivity index (χ1v) is 19.1. The molecule has 1 fully saturated rings. The second-order valence-electron chi connectivity index (χ2n) is 13.3. The predicted octanol–water partition coefficient (Wildman–Crippen LogP) is 7.61. The van der Waals surface area contributed by atoms with Crippen LogP contribution in [-0.2, 0) is 17.5 Å². The molecule has 0 spiro atoms. The van der Waals surface area contributed by atoms with Crippen LogP contribution in [0.1, 0.15) is 76.3 Å². The molecule has 1 aromatic heterocycles. The number of rotatable bonds is 19. The molecule has 0 amide bonds. The van der Waals surface area contributed by atoms with Gasteiger partial charge in [-0.05, 0) is 94.7 Å². The number of fused-ring (bicyclic) bond motifs is 1. The maximum absolute atomic E-state index is 13.7. The molecule has 4 rings (SSSR count). The van der Waals surface area contributed by atoms with Crippen LogP contribution in [0.25, 0.3) is 10.9 Å². The Hall–Kier alpha value is -3.24. The van der Waals surface area contributed by atoms with Crippen LogP contribution in [0.15, 0.2) is 47.4 Å². The minimum absolute atomic E-state index is 0.181. The smallest absolute Gasteiger partial charge is 0.406 e. The number of alkyl halides is 3. The van der Waals surface area contributed by atoms with Crippen molar-refractivity contribution in [1.82, 2.24) is 13.8 Å². The van der Waals surface area contributed by atoms with Gasteiger partial charge in [0.15, 0.2) is 0 Å². The summed E-state index contributed by atoms with van der Waals surface area (Å²) in [6.07, 6.45) is 8.22. The molecule has 0 radical (unpaired) electrons. The number of likely N-dealkylation sites (tertiary alicyclic amines) is 1. The Morgan fingerprint density at radius 2 is 1.66 bits per heavy atom. The second-order valence-corrected chi connectivity index (χ2v) is 14.9. The summed E-state index contributed by atoms with van der Waals surface area (Å²) in [5.74, 6) is 6.50. The number of methoxy groups -OCH3 is 1. The van der Waals surface area contributed by atoms with Gasteiger partial charge in [-0.2, -0.15) is 13.2 Å². The van der Waals surface area contributed by atoms with Crippen molar-refractivity contribution in [3.63, 3.8) is 0 Å². The van der Waals surface area contributed by atoms with E-state index < -0.39 is 23.7 Å². The van der Waals surface area contributed by atoms with E-state index in [2.05, 4.69) is 34.4 Å². The summed E-state index contributed by atoms with van der Waals surface area (Å²) < 4.78 is 63.0. The molecule has 0 aliphatic carbocycles. The Morgan fingerprint density at radius 3 is 2.32 bits per heavy atom. The molecule has 4 N–H and O–H groups in total. The standard InChI is InChI=1S/C38H55F3N6O2S/c1-45-25-20-30(21-26-45)44-34-16-13-17-36-33(34)27-31(47(36)29-38(39,40)41)15-14-23-43-35-19-18-32(28-37(35)49-3)50(48)46(2)24-12-10-8-6-4-5-7-9-11-22-42/h13,16-19,27-28,30,43-44H,4-12,20-26,29,42H2,1-3H3. The first-order chi connectivity index (χ1) is 24.1. The van der Waals surface area contributed by atoms with Crippen LogP contribution in [0, 0.1) is 11.8 Å². The Balaban J connectivity index is 1.34. The highest BCUT2D eigenvalue weighted by molar-refractivity contribution is 7.82. The van der Waals surface area contributed by atoms with E-state index in [9.17, 15) is 17.4 Å². The number of unbranched alkanes of at least 4 members (excludes halogenated alkanes) is 8. The molecule has 2 heterocycles. The molecule has 3 aromatic rings. The van der Waals surface area contributed by atoms with Gasteiger partial charge >= 0.3 is 6.18 Å². The molecule has 2 aromatic carbocycles. The number of anilines is 2. The van der Waals surface area contributed by atoms with Gasteiger partial charge in [0.25, 0.3) is 0 Å². The maximum Gasteiger partial charge on any atom is 0.406 e. The SMILES string of the molecule is COc1cc(S(=O)N(C)CCCCCCCCCCCN)ccc1NCC#Cc1cc2c(NC3CCN(C)CC3)cccc2n1CC(F)(F)F. The zero-order valence-corrected chi connectivity index (χ0v) is 30.7. The molecule has 1 unspecified atom stereocenters. The highest BCUT2D eigenvalue weighted by Gasteiger charge is 2.30. The van der Waals surface area contributed by atoms with Crippen molar-refractivity contribution in [2.24, 2.45) is 5.73 Å². The number of nitrogens with zero attached hydrogens (tertiary/aromatic N) is 3. The van der Waals surface area contributed by atoms with E-state index in [-0.39, 0.29) is 12.6 Å². The molecule has 1 saturated heterocycles. The van der Waals surface area contributed by atoms with Gasteiger partial charge in [-0.25, -0.2) is 8.51 Å². The summed E-state index contributed by atoms with van der Waals surface area (Å²) in [5.41, 5.74) is 7.84. The predicted molar refractivity (Wildman–Crippen MR) is 200 cm³/mol. The van der Waals surface area contributed by atoms with E-state index in [1.165, 1.54) is 43.1 Å². The highest BCUT2D eigenvalue weighted by atomic mass is 32.2. The monoisotopic (exact) mass is 716 g/mol. The molecular formula is C38H55F3N6O2S. The molecule has 276 valence electrons. The van der Waals surface area contributed by atoms with Crippen molar-refractivity contribution in [3.8, 4) is 17.6 Å². The fourth-order valence-corrected chi connectivity index (χ4v) is 7.46. The molecule has 0 saturated carbocycles. The van der Waals surface area contributed by atoms with Crippen molar-refractivity contribution in [1.29, 1.82) is 0 Å². The lowest BCUT2D eigenvalue weighted by atomic mass is 10.0. The molecule has 1 aliphatic rings. The number of hydrogen-bond donors (Lipinski definition) is 3. The first-order valence-electron chi connectivity index (χ1n) is 18.0. The summed E-state index contributed by atoms with van der Waals surface area (Å²) in [6, 6.07) is 12.8. The Bertz CT molecular complexity index is 1580. The molecule has 1 aliphatic heterocycles. The van der Waals surface area contributed by atoms with Crippen molar-refractivity contribution in [3.05, 3.63) is 48.2 Å². The molecule has 0 bridgehead atoms. The molecule has 8 nitrogen and oxygen atoms in total. The van der Waals surface area contributed by atoms with E-state index in [1.807, 2.05) is 17.4 Å². The third-order valence-corrected chi connectivity index (χ3v) is 10.7. The van der Waals surface area contributed by atoms with Crippen LogP contribution >= 0.6 is 0 Å². The number of halogens is 3. The largest absolute Gasteiger partial charge is 0.495 e. The van der Waals surface area contributed by atoms with Crippen molar-refractivity contribution in [2.75, 3.05) is 64.6 Å². The van der Waals surface area contributed by atoms with E-state index in [0.717, 1.165) is 69.4 Å². The minimum Gasteiger partial charge on any atom is -0.495 e. The van der Waals surface area contributed by atoms with E-state index in [0.29, 0.717) is 27.5 Å². The minimum atomic E-state index is -4.40. The summed E-state index contributed by atoms with van der Waals surface area (Å²) in [4.78, 5) is 2.92. The van der Waals surface area contributed by atoms with Gasteiger partial charge in [0.2, 0.25) is 0 Å². The Labute approximate surface area is 298 Å². The van der Waals surface area contributed by atoms with Gasteiger partial charge in [0.1, 0.15) is 23.3 Å². The lowest BCUT2D eigenvalue weighted by molar-refractivity contribution is -0.140. The molecule has 1 atom stereocenters. The van der Waals surface area contributed by atoms with Gasteiger partial charge < -0.3 is 30.6 Å². The number of hydrogen-bond acceptors (Lipinski definition) is 6. The van der Waals surface area contributed by atoms with E-state index >= 15 is 0 Å². The Morgan fingerprint density at radius 1 is 0.980 bits per heavy atom. The number of nitrogens with two attached hydrogens (primary N) is 1. The van der Waals surface area contributed by atoms with Crippen LogP contribution < -0.4 is 21.1 Å². The first kappa shape index (κ1) is 39.5. The van der Waals surface area contributed by atoms with Crippen molar-refractivity contribution < 1.29 is 22.1 Å². The Kier molecular flexibility index (Phi) is 15.8. The average molecular weight is 717 g/mol. The quantitative estimate of drug-likeness (QED) is 0.0875. The summed E-state index contributed by atoms with van der Waals surface area (Å²) in [6.45, 7) is 2.53. The number of nitrogens with one attached hydrogen (secondary N) is 2. The number of piperidine rings is 1. The van der Waals surface area contributed by atoms with Crippen molar-refractivity contribution in [2.45, 2.75) is 94.3 Å². The zero-order valence-electron chi connectivity index (χ0n) is 29.9. The van der Waals surface area contributed by atoms with Gasteiger partial charge in [-0.1, -0.05) is 56.9 Å². The van der Waals surface area contributed by atoms with Crippen LogP contribution in [0.4, 0.5) is 24.5 Å². The lowest BCUT2D eigenvalue weighted by Crippen LogP contribution is -2.36. The van der Waals surface area contributed by atoms with Gasteiger partial charge in [-0.15, -0.1) is 0 Å². The second kappa shape index (κ2) is 20.0.